The van der Waals surface area contributed by atoms with Crippen LogP contribution in [0.3, 0.4) is 0 Å². The summed E-state index contributed by atoms with van der Waals surface area (Å²) < 4.78 is 0. The number of hydrogen-bond donors (Lipinski definition) is 2. The van der Waals surface area contributed by atoms with E-state index in [1.54, 1.807) is 11.3 Å². The van der Waals surface area contributed by atoms with E-state index < -0.39 is 0 Å². The smallest absolute Gasteiger partial charge is 0.232 e. The Labute approximate surface area is 183 Å². The molecule has 0 spiro atoms. The van der Waals surface area contributed by atoms with Crippen molar-refractivity contribution in [2.45, 2.75) is 56.9 Å². The van der Waals surface area contributed by atoms with Gasteiger partial charge in [0.1, 0.15) is 0 Å². The fourth-order valence-electron chi connectivity index (χ4n) is 5.91. The van der Waals surface area contributed by atoms with Crippen molar-refractivity contribution in [2.24, 2.45) is 17.3 Å². The molecule has 2 aromatic heterocycles. The summed E-state index contributed by atoms with van der Waals surface area (Å²) in [5.74, 6) is 1.26. The van der Waals surface area contributed by atoms with Gasteiger partial charge in [-0.1, -0.05) is 0 Å². The van der Waals surface area contributed by atoms with Gasteiger partial charge in [0, 0.05) is 22.1 Å². The van der Waals surface area contributed by atoms with Crippen molar-refractivity contribution >= 4 is 51.2 Å². The van der Waals surface area contributed by atoms with Crippen LogP contribution in [0.1, 0.15) is 50.3 Å². The van der Waals surface area contributed by atoms with Gasteiger partial charge in [-0.25, -0.2) is 4.98 Å². The van der Waals surface area contributed by atoms with Crippen molar-refractivity contribution in [3.63, 3.8) is 0 Å². The number of nitrogens with one attached hydrogen (secondary N) is 2. The molecule has 4 bridgehead atoms. The zero-order valence-corrected chi connectivity index (χ0v) is 18.7. The topological polar surface area (TPSA) is 71.1 Å². The monoisotopic (exact) mass is 449 g/mol. The Morgan fingerprint density at radius 2 is 2.00 bits per heavy atom. The van der Waals surface area contributed by atoms with Crippen LogP contribution >= 0.6 is 34.3 Å². The molecule has 154 valence electrons. The maximum absolute atomic E-state index is 13.3. The van der Waals surface area contributed by atoms with E-state index in [0.717, 1.165) is 47.6 Å². The lowest BCUT2D eigenvalue weighted by Gasteiger charge is -2.59. The molecule has 2 atom stereocenters. The third kappa shape index (κ3) is 3.73. The third-order valence-corrected chi connectivity index (χ3v) is 8.93. The highest BCUT2D eigenvalue weighted by molar-refractivity contribution is 7.17. The van der Waals surface area contributed by atoms with Crippen molar-refractivity contribution in [3.05, 3.63) is 22.4 Å². The van der Waals surface area contributed by atoms with Crippen LogP contribution < -0.4 is 10.6 Å². The van der Waals surface area contributed by atoms with Gasteiger partial charge in [0.25, 0.3) is 0 Å². The zero-order valence-electron chi connectivity index (χ0n) is 16.3. The van der Waals surface area contributed by atoms with E-state index >= 15 is 0 Å². The Bertz CT molecular complexity index is 955. The molecule has 4 fully saturated rings. The molecule has 8 heteroatoms. The fraction of sp³-hybridized carbons (Fsp3) is 0.571. The maximum atomic E-state index is 13.3. The summed E-state index contributed by atoms with van der Waals surface area (Å²) in [6.07, 6.45) is 6.13. The normalized spacial score (nSPS) is 32.3. The van der Waals surface area contributed by atoms with Crippen molar-refractivity contribution < 1.29 is 9.59 Å². The number of nitrogens with zero attached hydrogens (tertiary/aromatic N) is 1. The zero-order chi connectivity index (χ0) is 20.2. The fourth-order valence-corrected chi connectivity index (χ4v) is 8.29. The van der Waals surface area contributed by atoms with Crippen molar-refractivity contribution in [1.82, 2.24) is 10.3 Å². The first-order valence-corrected chi connectivity index (χ1v) is 12.2. The molecule has 2 aromatic rings. The van der Waals surface area contributed by atoms with E-state index in [-0.39, 0.29) is 22.1 Å². The quantitative estimate of drug-likeness (QED) is 0.629. The van der Waals surface area contributed by atoms with Crippen LogP contribution in [0.4, 0.5) is 5.13 Å². The molecule has 2 heterocycles. The number of thiophene rings is 1. The first-order chi connectivity index (χ1) is 13.8. The minimum absolute atomic E-state index is 0.0398. The van der Waals surface area contributed by atoms with Gasteiger partial charge in [0.15, 0.2) is 5.13 Å². The van der Waals surface area contributed by atoms with Crippen LogP contribution in [0.15, 0.2) is 17.5 Å². The standard InChI is InChI=1S/C21H24ClN3O2S2/c1-12(26)23-9-15-2-3-17(29-15)16-10-28-19(24-16)25-18(27)20-5-13-4-14(6-20)8-21(22,7-13)11-20/h2-3,10,13-14H,4-9,11H2,1H3,(H,23,26)(H,24,25,27). The Morgan fingerprint density at radius 1 is 1.24 bits per heavy atom. The number of alkyl halides is 1. The summed E-state index contributed by atoms with van der Waals surface area (Å²) in [5.41, 5.74) is 0.551. The molecule has 2 N–H and O–H groups in total. The van der Waals surface area contributed by atoms with E-state index in [9.17, 15) is 9.59 Å². The molecule has 4 aliphatic carbocycles. The molecule has 29 heavy (non-hydrogen) atoms. The molecule has 2 amide bonds. The van der Waals surface area contributed by atoms with Gasteiger partial charge < -0.3 is 10.6 Å². The predicted octanol–water partition coefficient (Wildman–Crippen LogP) is 5.02. The Kier molecular flexibility index (Phi) is 4.76. The number of thiazole rings is 1. The second kappa shape index (κ2) is 7.06. The van der Waals surface area contributed by atoms with Crippen molar-refractivity contribution in [1.29, 1.82) is 0 Å². The van der Waals surface area contributed by atoms with Gasteiger partial charge in [-0.3, -0.25) is 9.59 Å². The first kappa shape index (κ1) is 19.5. The van der Waals surface area contributed by atoms with Gasteiger partial charge >= 0.3 is 0 Å². The lowest BCUT2D eigenvalue weighted by atomic mass is 9.49. The predicted molar refractivity (Wildman–Crippen MR) is 117 cm³/mol. The lowest BCUT2D eigenvalue weighted by molar-refractivity contribution is -0.138. The summed E-state index contributed by atoms with van der Waals surface area (Å²) in [5, 5.41) is 8.55. The van der Waals surface area contributed by atoms with E-state index in [4.69, 9.17) is 11.6 Å². The Hall–Kier alpha value is -1.44. The Morgan fingerprint density at radius 3 is 2.69 bits per heavy atom. The number of rotatable bonds is 5. The summed E-state index contributed by atoms with van der Waals surface area (Å²) in [4.78, 5) is 30.9. The summed E-state index contributed by atoms with van der Waals surface area (Å²) in [7, 11) is 0. The number of aromatic nitrogens is 1. The first-order valence-electron chi connectivity index (χ1n) is 10.1. The van der Waals surface area contributed by atoms with E-state index in [0.29, 0.717) is 23.5 Å². The van der Waals surface area contributed by atoms with Gasteiger partial charge in [0.05, 0.1) is 22.5 Å². The molecular weight excluding hydrogens is 426 g/mol. The highest BCUT2D eigenvalue weighted by Crippen LogP contribution is 2.64. The van der Waals surface area contributed by atoms with Gasteiger partial charge in [-0.2, -0.15) is 0 Å². The van der Waals surface area contributed by atoms with Gasteiger partial charge in [-0.15, -0.1) is 34.3 Å². The van der Waals surface area contributed by atoms with Gasteiger partial charge in [0.2, 0.25) is 11.8 Å². The number of anilines is 1. The number of carbonyl (C=O) groups is 2. The van der Waals surface area contributed by atoms with E-state index in [1.165, 1.54) is 24.7 Å². The largest absolute Gasteiger partial charge is 0.351 e. The molecule has 2 unspecified atom stereocenters. The number of carbonyl (C=O) groups excluding carboxylic acids is 2. The molecule has 0 saturated heterocycles. The Balaban J connectivity index is 1.28. The number of amides is 2. The molecule has 6 rings (SSSR count). The molecular formula is C21H24ClN3O2S2. The highest BCUT2D eigenvalue weighted by Gasteiger charge is 2.60. The third-order valence-electron chi connectivity index (χ3n) is 6.62. The van der Waals surface area contributed by atoms with Gasteiger partial charge in [-0.05, 0) is 62.5 Å². The van der Waals surface area contributed by atoms with E-state index in [1.807, 2.05) is 17.5 Å². The van der Waals surface area contributed by atoms with Crippen LogP contribution in [0.2, 0.25) is 0 Å². The molecule has 0 aliphatic heterocycles. The SMILES string of the molecule is CC(=O)NCc1ccc(-c2csc(NC(=O)C34CC5CC(CC(Cl)(C5)C3)C4)n2)s1. The van der Waals surface area contributed by atoms with Crippen molar-refractivity contribution in [2.75, 3.05) is 5.32 Å². The summed E-state index contributed by atoms with van der Waals surface area (Å²) in [6.45, 7) is 2.04. The number of halogens is 1. The molecule has 5 nitrogen and oxygen atoms in total. The highest BCUT2D eigenvalue weighted by atomic mass is 35.5. The minimum atomic E-state index is -0.313. The van der Waals surface area contributed by atoms with E-state index in [2.05, 4.69) is 15.6 Å². The summed E-state index contributed by atoms with van der Waals surface area (Å²) >= 11 is 9.95. The van der Waals surface area contributed by atoms with Crippen LogP contribution in [-0.2, 0) is 16.1 Å². The average molecular weight is 450 g/mol. The maximum Gasteiger partial charge on any atom is 0.232 e. The minimum Gasteiger partial charge on any atom is -0.351 e. The van der Waals surface area contributed by atoms with Crippen LogP contribution in [0.25, 0.3) is 10.6 Å². The number of hydrogen-bond acceptors (Lipinski definition) is 5. The molecule has 0 aromatic carbocycles. The average Bonchev–Trinajstić information content (AvgIpc) is 3.27. The molecule has 4 saturated carbocycles. The van der Waals surface area contributed by atoms with Crippen LogP contribution in [-0.4, -0.2) is 21.7 Å². The van der Waals surface area contributed by atoms with Crippen LogP contribution in [0.5, 0.6) is 0 Å². The van der Waals surface area contributed by atoms with Crippen molar-refractivity contribution in [3.8, 4) is 10.6 Å². The second-order valence-electron chi connectivity index (χ2n) is 9.06. The molecule has 0 radical (unpaired) electrons. The second-order valence-corrected chi connectivity index (χ2v) is 11.9. The van der Waals surface area contributed by atoms with Crippen LogP contribution in [0, 0.1) is 17.3 Å². The molecule has 4 aliphatic rings. The summed E-state index contributed by atoms with van der Waals surface area (Å²) in [6, 6.07) is 4.02. The lowest BCUT2D eigenvalue weighted by Crippen LogP contribution is -2.57.